The highest BCUT2D eigenvalue weighted by atomic mass is 79.9. The van der Waals surface area contributed by atoms with Crippen LogP contribution in [0.4, 0.5) is 5.69 Å². The fourth-order valence-electron chi connectivity index (χ4n) is 1.01. The SMILES string of the molecule is Brc1cncn1Nc1ccccc1. The molecule has 0 fully saturated rings. The van der Waals surface area contributed by atoms with Crippen LogP contribution in [-0.4, -0.2) is 9.66 Å². The van der Waals surface area contributed by atoms with E-state index in [2.05, 4.69) is 26.3 Å². The zero-order valence-corrected chi connectivity index (χ0v) is 8.40. The molecule has 2 rings (SSSR count). The summed E-state index contributed by atoms with van der Waals surface area (Å²) in [6, 6.07) is 9.92. The summed E-state index contributed by atoms with van der Waals surface area (Å²) >= 11 is 3.36. The molecule has 4 heteroatoms. The molecule has 0 aliphatic heterocycles. The van der Waals surface area contributed by atoms with Gasteiger partial charge in [-0.2, -0.15) is 0 Å². The van der Waals surface area contributed by atoms with Crippen LogP contribution in [0.2, 0.25) is 0 Å². The van der Waals surface area contributed by atoms with E-state index >= 15 is 0 Å². The highest BCUT2D eigenvalue weighted by Gasteiger charge is 1.96. The lowest BCUT2D eigenvalue weighted by molar-refractivity contribution is 0.932. The van der Waals surface area contributed by atoms with Gasteiger partial charge in [0.2, 0.25) is 0 Å². The van der Waals surface area contributed by atoms with Crippen LogP contribution in [0.3, 0.4) is 0 Å². The number of para-hydroxylation sites is 1. The maximum absolute atomic E-state index is 3.97. The van der Waals surface area contributed by atoms with Crippen molar-refractivity contribution in [3.8, 4) is 0 Å². The van der Waals surface area contributed by atoms with Crippen molar-refractivity contribution < 1.29 is 0 Å². The van der Waals surface area contributed by atoms with E-state index < -0.39 is 0 Å². The van der Waals surface area contributed by atoms with Crippen molar-refractivity contribution in [2.75, 3.05) is 5.43 Å². The quantitative estimate of drug-likeness (QED) is 0.871. The number of nitrogens with zero attached hydrogens (tertiary/aromatic N) is 2. The number of aromatic nitrogens is 2. The molecular formula is C9H8BrN3. The number of hydrogen-bond donors (Lipinski definition) is 1. The Morgan fingerprint density at radius 1 is 1.23 bits per heavy atom. The second kappa shape index (κ2) is 3.62. The third kappa shape index (κ3) is 1.89. The molecule has 3 nitrogen and oxygen atoms in total. The summed E-state index contributed by atoms with van der Waals surface area (Å²) in [6.45, 7) is 0. The van der Waals surface area contributed by atoms with Gasteiger partial charge in [-0.1, -0.05) is 18.2 Å². The predicted octanol–water partition coefficient (Wildman–Crippen LogP) is 2.52. The van der Waals surface area contributed by atoms with Gasteiger partial charge < -0.3 is 0 Å². The van der Waals surface area contributed by atoms with Crippen LogP contribution in [0.25, 0.3) is 0 Å². The smallest absolute Gasteiger partial charge is 0.125 e. The van der Waals surface area contributed by atoms with E-state index in [4.69, 9.17) is 0 Å². The van der Waals surface area contributed by atoms with Crippen molar-refractivity contribution in [2.24, 2.45) is 0 Å². The largest absolute Gasteiger partial charge is 0.292 e. The minimum Gasteiger partial charge on any atom is -0.292 e. The van der Waals surface area contributed by atoms with Crippen LogP contribution < -0.4 is 5.43 Å². The molecule has 0 radical (unpaired) electrons. The predicted molar refractivity (Wildman–Crippen MR) is 55.4 cm³/mol. The molecule has 13 heavy (non-hydrogen) atoms. The molecule has 0 aliphatic carbocycles. The molecule has 1 aromatic carbocycles. The van der Waals surface area contributed by atoms with Crippen LogP contribution in [0.5, 0.6) is 0 Å². The number of anilines is 1. The topological polar surface area (TPSA) is 29.9 Å². The fraction of sp³-hybridized carbons (Fsp3) is 0. The number of rotatable bonds is 2. The van der Waals surface area contributed by atoms with Crippen molar-refractivity contribution >= 4 is 21.6 Å². The fourth-order valence-corrected chi connectivity index (χ4v) is 1.31. The van der Waals surface area contributed by atoms with Crippen molar-refractivity contribution in [3.63, 3.8) is 0 Å². The Morgan fingerprint density at radius 2 is 2.00 bits per heavy atom. The first-order chi connectivity index (χ1) is 6.36. The molecule has 0 saturated carbocycles. The maximum Gasteiger partial charge on any atom is 0.125 e. The van der Waals surface area contributed by atoms with Crippen molar-refractivity contribution in [2.45, 2.75) is 0 Å². The van der Waals surface area contributed by atoms with Gasteiger partial charge in [-0.3, -0.25) is 5.43 Å². The second-order valence-electron chi connectivity index (χ2n) is 2.56. The van der Waals surface area contributed by atoms with E-state index in [1.54, 1.807) is 17.2 Å². The molecule has 0 spiro atoms. The molecule has 0 bridgehead atoms. The zero-order valence-electron chi connectivity index (χ0n) is 6.81. The molecule has 1 aromatic heterocycles. The van der Waals surface area contributed by atoms with Crippen LogP contribution in [0.1, 0.15) is 0 Å². The van der Waals surface area contributed by atoms with Gasteiger partial charge >= 0.3 is 0 Å². The minimum atomic E-state index is 0.899. The Morgan fingerprint density at radius 3 is 2.62 bits per heavy atom. The van der Waals surface area contributed by atoms with Gasteiger partial charge in [-0.25, -0.2) is 9.66 Å². The van der Waals surface area contributed by atoms with Crippen LogP contribution in [0, 0.1) is 0 Å². The summed E-state index contributed by atoms with van der Waals surface area (Å²) in [5, 5.41) is 0. The lowest BCUT2D eigenvalue weighted by Gasteiger charge is -2.06. The third-order valence-corrected chi connectivity index (χ3v) is 2.20. The molecule has 2 aromatic rings. The van der Waals surface area contributed by atoms with Gasteiger partial charge in [0.05, 0.1) is 11.9 Å². The van der Waals surface area contributed by atoms with E-state index in [0.29, 0.717) is 0 Å². The Balaban J connectivity index is 2.20. The summed E-state index contributed by atoms with van der Waals surface area (Å²) in [5.41, 5.74) is 4.19. The normalized spacial score (nSPS) is 9.92. The van der Waals surface area contributed by atoms with Crippen molar-refractivity contribution in [1.29, 1.82) is 0 Å². The Kier molecular flexibility index (Phi) is 2.31. The highest BCUT2D eigenvalue weighted by molar-refractivity contribution is 9.10. The number of halogens is 1. The average molecular weight is 238 g/mol. The van der Waals surface area contributed by atoms with Gasteiger partial charge in [-0.05, 0) is 28.1 Å². The molecule has 0 aliphatic rings. The van der Waals surface area contributed by atoms with Gasteiger partial charge in [0.15, 0.2) is 0 Å². The number of hydrogen-bond acceptors (Lipinski definition) is 2. The van der Waals surface area contributed by atoms with Crippen molar-refractivity contribution in [1.82, 2.24) is 9.66 Å². The standard InChI is InChI=1S/C9H8BrN3/c10-9-6-11-7-13(9)12-8-4-2-1-3-5-8/h1-7,12H. The maximum atomic E-state index is 3.97. The van der Waals surface area contributed by atoms with Gasteiger partial charge in [-0.15, -0.1) is 0 Å². The highest BCUT2D eigenvalue weighted by Crippen LogP contribution is 2.10. The van der Waals surface area contributed by atoms with E-state index in [1.807, 2.05) is 30.3 Å². The van der Waals surface area contributed by atoms with Crippen LogP contribution in [-0.2, 0) is 0 Å². The zero-order chi connectivity index (χ0) is 9.10. The van der Waals surface area contributed by atoms with Gasteiger partial charge in [0.1, 0.15) is 10.9 Å². The molecule has 0 amide bonds. The number of benzene rings is 1. The summed E-state index contributed by atoms with van der Waals surface area (Å²) < 4.78 is 2.70. The van der Waals surface area contributed by atoms with Crippen LogP contribution in [0.15, 0.2) is 47.5 Å². The van der Waals surface area contributed by atoms with E-state index in [1.165, 1.54) is 0 Å². The molecular weight excluding hydrogens is 230 g/mol. The summed E-state index contributed by atoms with van der Waals surface area (Å²) in [6.07, 6.45) is 3.44. The summed E-state index contributed by atoms with van der Waals surface area (Å²) in [4.78, 5) is 3.97. The van der Waals surface area contributed by atoms with Gasteiger partial charge in [0.25, 0.3) is 0 Å². The molecule has 0 saturated heterocycles. The first-order valence-corrected chi connectivity index (χ1v) is 4.65. The Hall–Kier alpha value is -1.29. The molecule has 1 heterocycles. The average Bonchev–Trinajstić information content (AvgIpc) is 2.54. The minimum absolute atomic E-state index is 0.899. The van der Waals surface area contributed by atoms with E-state index in [-0.39, 0.29) is 0 Å². The lowest BCUT2D eigenvalue weighted by atomic mass is 10.3. The molecule has 1 N–H and O–H groups in total. The molecule has 66 valence electrons. The second-order valence-corrected chi connectivity index (χ2v) is 3.38. The van der Waals surface area contributed by atoms with E-state index in [0.717, 1.165) is 10.3 Å². The summed E-state index contributed by atoms with van der Waals surface area (Å²) in [5.74, 6) is 0. The Labute approximate surface area is 84.5 Å². The number of nitrogens with one attached hydrogen (secondary N) is 1. The van der Waals surface area contributed by atoms with E-state index in [9.17, 15) is 0 Å². The lowest BCUT2D eigenvalue weighted by Crippen LogP contribution is -2.06. The van der Waals surface area contributed by atoms with Crippen molar-refractivity contribution in [3.05, 3.63) is 47.5 Å². The van der Waals surface area contributed by atoms with Gasteiger partial charge in [0, 0.05) is 0 Å². The number of imidazole rings is 1. The van der Waals surface area contributed by atoms with Crippen LogP contribution >= 0.6 is 15.9 Å². The monoisotopic (exact) mass is 237 g/mol. The third-order valence-electron chi connectivity index (χ3n) is 1.62. The summed E-state index contributed by atoms with van der Waals surface area (Å²) in [7, 11) is 0. The molecule has 0 atom stereocenters. The molecule has 0 unspecified atom stereocenters. The Bertz CT molecular complexity index is 383. The first kappa shape index (κ1) is 8.31. The first-order valence-electron chi connectivity index (χ1n) is 3.86.